The summed E-state index contributed by atoms with van der Waals surface area (Å²) >= 11 is 0. The first-order chi connectivity index (χ1) is 14.6. The van der Waals surface area contributed by atoms with Gasteiger partial charge in [-0.3, -0.25) is 4.79 Å². The van der Waals surface area contributed by atoms with Crippen molar-refractivity contribution in [1.82, 2.24) is 9.97 Å². The van der Waals surface area contributed by atoms with E-state index < -0.39 is 0 Å². The zero-order valence-electron chi connectivity index (χ0n) is 18.2. The number of fused-ring (bicyclic) bond motifs is 1. The summed E-state index contributed by atoms with van der Waals surface area (Å²) < 4.78 is 0. The zero-order valence-corrected chi connectivity index (χ0v) is 18.2. The first kappa shape index (κ1) is 23.1. The van der Waals surface area contributed by atoms with Crippen LogP contribution in [0, 0.1) is 12.8 Å². The van der Waals surface area contributed by atoms with Crippen molar-refractivity contribution in [3.05, 3.63) is 70.7 Å². The largest absolute Gasteiger partial charge is 0.309 e. The molecule has 1 heterocycles. The number of aromatic nitrogens is 2. The normalized spacial score (nSPS) is 12.8. The number of carbonyl (C=O) groups is 1. The van der Waals surface area contributed by atoms with E-state index in [2.05, 4.69) is 56.3 Å². The van der Waals surface area contributed by atoms with Gasteiger partial charge in [0, 0.05) is 6.42 Å². The molecule has 3 rings (SSSR count). The average molecular weight is 402 g/mol. The lowest BCUT2D eigenvalue weighted by Crippen LogP contribution is -2.18. The van der Waals surface area contributed by atoms with Crippen LogP contribution >= 0.6 is 0 Å². The minimum absolute atomic E-state index is 0.0116. The van der Waals surface area contributed by atoms with Crippen LogP contribution in [0.15, 0.2) is 48.1 Å². The number of nitrogens with zero attached hydrogens (tertiary/aromatic N) is 2. The van der Waals surface area contributed by atoms with E-state index in [1.165, 1.54) is 16.7 Å². The van der Waals surface area contributed by atoms with Gasteiger partial charge in [0.15, 0.2) is 5.82 Å². The summed E-state index contributed by atoms with van der Waals surface area (Å²) in [6.07, 6.45) is 17.0. The summed E-state index contributed by atoms with van der Waals surface area (Å²) in [6, 6.07) is 10.3. The molecule has 1 aromatic heterocycles. The molecule has 0 saturated carbocycles. The van der Waals surface area contributed by atoms with Crippen LogP contribution in [-0.2, 0) is 24.1 Å². The number of amides is 1. The number of carbonyl (C=O) groups excluding carboxylic acids is 1. The van der Waals surface area contributed by atoms with Gasteiger partial charge in [0.25, 0.3) is 0 Å². The molecule has 1 aliphatic rings. The van der Waals surface area contributed by atoms with Gasteiger partial charge in [0.2, 0.25) is 5.91 Å². The van der Waals surface area contributed by atoms with Gasteiger partial charge in [-0.2, -0.15) is 0 Å². The Morgan fingerprint density at radius 1 is 1.17 bits per heavy atom. The number of aryl methyl sites for hydroxylation is 3. The first-order valence-electron chi connectivity index (χ1n) is 10.5. The van der Waals surface area contributed by atoms with Crippen molar-refractivity contribution in [2.45, 2.75) is 59.3 Å². The molecule has 0 fully saturated rings. The maximum atomic E-state index is 12.4. The average Bonchev–Trinajstić information content (AvgIpc) is 2.78. The van der Waals surface area contributed by atoms with E-state index in [4.69, 9.17) is 9.97 Å². The van der Waals surface area contributed by atoms with Crippen molar-refractivity contribution in [1.29, 1.82) is 0 Å². The maximum Gasteiger partial charge on any atom is 0.225 e. The van der Waals surface area contributed by atoms with Crippen molar-refractivity contribution in [3.8, 4) is 12.8 Å². The van der Waals surface area contributed by atoms with Crippen LogP contribution in [0.2, 0.25) is 0 Å². The number of nitrogens with one attached hydrogen (secondary N) is 1. The van der Waals surface area contributed by atoms with Gasteiger partial charge >= 0.3 is 0 Å². The lowest BCUT2D eigenvalue weighted by molar-refractivity contribution is -0.116. The Balaban J connectivity index is 0.00000155. The number of hydrogen-bond donors (Lipinski definition) is 1. The summed E-state index contributed by atoms with van der Waals surface area (Å²) in [5, 5.41) is 3.01. The number of terminal acetylenes is 1. The molecule has 0 spiro atoms. The second-order valence-electron chi connectivity index (χ2n) is 7.21. The van der Waals surface area contributed by atoms with Crippen molar-refractivity contribution < 1.29 is 4.79 Å². The monoisotopic (exact) mass is 401 g/mol. The molecule has 0 aliphatic heterocycles. The molecule has 1 aromatic carbocycles. The fourth-order valence-electron chi connectivity index (χ4n) is 3.62. The number of rotatable bonds is 7. The van der Waals surface area contributed by atoms with E-state index in [0.717, 1.165) is 49.2 Å². The van der Waals surface area contributed by atoms with Gasteiger partial charge in [0.1, 0.15) is 0 Å². The number of allylic oxidation sites excluding steroid dienone is 4. The van der Waals surface area contributed by atoms with Crippen LogP contribution in [0.3, 0.4) is 0 Å². The number of hydrogen-bond acceptors (Lipinski definition) is 3. The van der Waals surface area contributed by atoms with Crippen molar-refractivity contribution in [2.75, 3.05) is 5.32 Å². The highest BCUT2D eigenvalue weighted by Crippen LogP contribution is 2.31. The van der Waals surface area contributed by atoms with Crippen molar-refractivity contribution in [2.24, 2.45) is 0 Å². The minimum atomic E-state index is 0.0116. The Morgan fingerprint density at radius 3 is 2.57 bits per heavy atom. The highest BCUT2D eigenvalue weighted by molar-refractivity contribution is 5.90. The molecule has 1 N–H and O–H groups in total. The van der Waals surface area contributed by atoms with E-state index in [-0.39, 0.29) is 5.91 Å². The van der Waals surface area contributed by atoms with Gasteiger partial charge in [-0.05, 0) is 62.7 Å². The molecule has 0 saturated heterocycles. The standard InChI is InChI=1S/C24H29N3O.C2H2/c1-4-10-19-15-16-21-23(17(19)3)25-20(5-2)24(26-21)27-22(28)14-9-13-18-11-7-6-8-12-18;1-2/h4,6-8,10-12H,5,9,13-16H2,1-3H3,(H,26,27,28);1-2H/b10-4-;. The number of anilines is 1. The summed E-state index contributed by atoms with van der Waals surface area (Å²) in [7, 11) is 0. The Morgan fingerprint density at radius 2 is 1.90 bits per heavy atom. The lowest BCUT2D eigenvalue weighted by Gasteiger charge is -2.20. The van der Waals surface area contributed by atoms with Crippen LogP contribution in [-0.4, -0.2) is 15.9 Å². The highest BCUT2D eigenvalue weighted by Gasteiger charge is 2.20. The summed E-state index contributed by atoms with van der Waals surface area (Å²) in [6.45, 7) is 6.20. The van der Waals surface area contributed by atoms with E-state index in [9.17, 15) is 4.79 Å². The molecular formula is C26H31N3O. The highest BCUT2D eigenvalue weighted by atomic mass is 16.1. The molecule has 0 unspecified atom stereocenters. The van der Waals surface area contributed by atoms with E-state index in [1.807, 2.05) is 25.1 Å². The third kappa shape index (κ3) is 5.90. The van der Waals surface area contributed by atoms with E-state index in [0.29, 0.717) is 12.2 Å². The summed E-state index contributed by atoms with van der Waals surface area (Å²) in [5.41, 5.74) is 6.61. The Bertz CT molecular complexity index is 939. The fraction of sp³-hybridized carbons (Fsp3) is 0.346. The van der Waals surface area contributed by atoms with Crippen molar-refractivity contribution in [3.63, 3.8) is 0 Å². The lowest BCUT2D eigenvalue weighted by atomic mass is 9.92. The second kappa shape index (κ2) is 11.7. The molecule has 0 radical (unpaired) electrons. The van der Waals surface area contributed by atoms with Crippen molar-refractivity contribution >= 4 is 17.3 Å². The SMILES string of the molecule is C#C.C/C=C\C1=C(C)c2nc(CC)c(NC(=O)CCCc3ccccc3)nc2CC1. The molecule has 4 heteroatoms. The number of benzene rings is 1. The minimum Gasteiger partial charge on any atom is -0.309 e. The zero-order chi connectivity index (χ0) is 21.9. The van der Waals surface area contributed by atoms with Crippen LogP contribution in [0.25, 0.3) is 5.57 Å². The van der Waals surface area contributed by atoms with Gasteiger partial charge in [-0.25, -0.2) is 9.97 Å². The van der Waals surface area contributed by atoms with Gasteiger partial charge < -0.3 is 5.32 Å². The molecule has 0 atom stereocenters. The third-order valence-corrected chi connectivity index (χ3v) is 5.18. The molecule has 2 aromatic rings. The molecule has 156 valence electrons. The topological polar surface area (TPSA) is 54.9 Å². The van der Waals surface area contributed by atoms with E-state index in [1.54, 1.807) is 0 Å². The molecule has 0 bridgehead atoms. The fourth-order valence-corrected chi connectivity index (χ4v) is 3.62. The Hall–Kier alpha value is -3.19. The predicted molar refractivity (Wildman–Crippen MR) is 125 cm³/mol. The van der Waals surface area contributed by atoms with Crippen LogP contribution in [0.5, 0.6) is 0 Å². The van der Waals surface area contributed by atoms with Gasteiger partial charge in [-0.15, -0.1) is 12.8 Å². The second-order valence-corrected chi connectivity index (χ2v) is 7.21. The van der Waals surface area contributed by atoms with Gasteiger partial charge in [0.05, 0.1) is 17.1 Å². The predicted octanol–water partition coefficient (Wildman–Crippen LogP) is 5.55. The molecular weight excluding hydrogens is 370 g/mol. The van der Waals surface area contributed by atoms with Gasteiger partial charge in [-0.1, -0.05) is 49.4 Å². The summed E-state index contributed by atoms with van der Waals surface area (Å²) in [5.74, 6) is 0.644. The van der Waals surface area contributed by atoms with Crippen LogP contribution in [0.4, 0.5) is 5.82 Å². The Kier molecular flexibility index (Phi) is 9.03. The quantitative estimate of drug-likeness (QED) is 0.619. The summed E-state index contributed by atoms with van der Waals surface area (Å²) in [4.78, 5) is 22.1. The maximum absolute atomic E-state index is 12.4. The smallest absolute Gasteiger partial charge is 0.225 e. The van der Waals surface area contributed by atoms with Crippen LogP contribution in [0.1, 0.15) is 62.7 Å². The first-order valence-corrected chi connectivity index (χ1v) is 10.5. The molecule has 1 amide bonds. The molecule has 1 aliphatic carbocycles. The Labute approximate surface area is 180 Å². The third-order valence-electron chi connectivity index (χ3n) is 5.18. The molecule has 4 nitrogen and oxygen atoms in total. The molecule has 30 heavy (non-hydrogen) atoms. The van der Waals surface area contributed by atoms with Crippen LogP contribution < -0.4 is 5.32 Å². The van der Waals surface area contributed by atoms with E-state index >= 15 is 0 Å².